The van der Waals surface area contributed by atoms with E-state index in [-0.39, 0.29) is 54.6 Å². The van der Waals surface area contributed by atoms with Crippen LogP contribution in [0.1, 0.15) is 37.3 Å². The number of nitriles is 1. The van der Waals surface area contributed by atoms with E-state index in [0.717, 1.165) is 9.80 Å². The van der Waals surface area contributed by atoms with Gasteiger partial charge in [0.15, 0.2) is 12.0 Å². The quantitative estimate of drug-likeness (QED) is 0.371. The first-order valence-electron chi connectivity index (χ1n) is 12.3. The number of hydrogen-bond acceptors (Lipinski definition) is 7. The third-order valence-electron chi connectivity index (χ3n) is 6.71. The highest BCUT2D eigenvalue weighted by Gasteiger charge is 2.65. The van der Waals surface area contributed by atoms with E-state index in [1.165, 1.54) is 24.5 Å². The van der Waals surface area contributed by atoms with E-state index < -0.39 is 39.0 Å². The molecule has 2 fully saturated rings. The average Bonchev–Trinajstić information content (AvgIpc) is 2.91. The number of piperidine rings is 1. The number of amides is 2. The van der Waals surface area contributed by atoms with E-state index >= 15 is 0 Å². The van der Waals surface area contributed by atoms with Crippen molar-refractivity contribution in [1.29, 1.82) is 5.26 Å². The zero-order valence-electron chi connectivity index (χ0n) is 21.0. The molecular weight excluding hydrogens is 561 g/mol. The van der Waals surface area contributed by atoms with E-state index in [1.54, 1.807) is 6.19 Å². The minimum Gasteiger partial charge on any atom is -0.381 e. The molecule has 3 heterocycles. The number of carbonyl (C=O) groups excluding carboxylic acids is 3. The molecule has 4 rings (SSSR count). The van der Waals surface area contributed by atoms with Gasteiger partial charge in [-0.05, 0) is 49.6 Å². The van der Waals surface area contributed by atoms with Crippen LogP contribution in [0.15, 0.2) is 53.7 Å². The van der Waals surface area contributed by atoms with Crippen molar-refractivity contribution in [3.05, 3.63) is 54.4 Å². The smallest absolute Gasteiger partial charge is 0.310 e. The molecule has 0 aliphatic carbocycles. The van der Waals surface area contributed by atoms with Crippen molar-refractivity contribution in [3.8, 4) is 6.19 Å². The summed E-state index contributed by atoms with van der Waals surface area (Å²) < 4.78 is 72.5. The van der Waals surface area contributed by atoms with E-state index in [1.807, 2.05) is 0 Å². The molecule has 1 N–H and O–H groups in total. The number of anilines is 1. The van der Waals surface area contributed by atoms with Gasteiger partial charge in [-0.1, -0.05) is 25.5 Å². The number of ketones is 1. The topological polar surface area (TPSA) is 116 Å². The summed E-state index contributed by atoms with van der Waals surface area (Å²) in [7, 11) is -10.0. The number of likely N-dealkylation sites (tertiary alicyclic amines) is 1. The fourth-order valence-corrected chi connectivity index (χ4v) is 5.35. The lowest BCUT2D eigenvalue weighted by atomic mass is 9.97. The lowest BCUT2D eigenvalue weighted by Crippen LogP contribution is -2.55. The minimum absolute atomic E-state index is 0.0442. The Morgan fingerprint density at radius 1 is 1.10 bits per heavy atom. The molecule has 0 bridgehead atoms. The molecule has 216 valence electrons. The van der Waals surface area contributed by atoms with Gasteiger partial charge in [-0.15, -0.1) is 0 Å². The summed E-state index contributed by atoms with van der Waals surface area (Å²) in [6.45, 7) is 0.401. The molecule has 2 unspecified atom stereocenters. The zero-order valence-corrected chi connectivity index (χ0v) is 21.8. The lowest BCUT2D eigenvalue weighted by molar-refractivity contribution is -0.132. The summed E-state index contributed by atoms with van der Waals surface area (Å²) in [5.41, 5.74) is -0.103. The first-order chi connectivity index (χ1) is 18.7. The number of aromatic nitrogens is 1. The third-order valence-corrected chi connectivity index (χ3v) is 7.87. The molecular formula is C25H26F5N5O4S. The third kappa shape index (κ3) is 6.68. The first-order valence-corrected chi connectivity index (χ1v) is 14.3. The fourth-order valence-electron chi connectivity index (χ4n) is 4.70. The molecule has 0 radical (unpaired) electrons. The van der Waals surface area contributed by atoms with Crippen molar-refractivity contribution in [2.45, 2.75) is 48.7 Å². The minimum atomic E-state index is -10.0. The van der Waals surface area contributed by atoms with Crippen LogP contribution in [0.3, 0.4) is 0 Å². The predicted molar refractivity (Wildman–Crippen MR) is 135 cm³/mol. The molecule has 0 spiro atoms. The van der Waals surface area contributed by atoms with E-state index in [0.29, 0.717) is 38.2 Å². The Morgan fingerprint density at radius 2 is 1.77 bits per heavy atom. The van der Waals surface area contributed by atoms with Crippen LogP contribution in [0.2, 0.25) is 0 Å². The Labute approximate surface area is 226 Å². The van der Waals surface area contributed by atoms with Crippen molar-refractivity contribution in [2.24, 2.45) is 0 Å². The largest absolute Gasteiger partial charge is 0.381 e. The maximum Gasteiger partial charge on any atom is 0.310 e. The average molecular weight is 588 g/mol. The number of benzene rings is 1. The molecule has 15 heteroatoms. The number of carbonyl (C=O) groups is 3. The van der Waals surface area contributed by atoms with Crippen LogP contribution in [0.25, 0.3) is 0 Å². The zero-order chi connectivity index (χ0) is 29.2. The summed E-state index contributed by atoms with van der Waals surface area (Å²) in [6, 6.07) is 1.60. The fraction of sp³-hybridized carbons (Fsp3) is 0.400. The summed E-state index contributed by atoms with van der Waals surface area (Å²) in [5.74, 6) is -1.86. The second-order valence-electron chi connectivity index (χ2n) is 9.58. The number of ether oxygens (including phenoxy) is 1. The molecule has 40 heavy (non-hydrogen) atoms. The van der Waals surface area contributed by atoms with Gasteiger partial charge in [0.1, 0.15) is 17.0 Å². The van der Waals surface area contributed by atoms with Crippen LogP contribution in [0.4, 0.5) is 25.1 Å². The van der Waals surface area contributed by atoms with Gasteiger partial charge >= 0.3 is 10.2 Å². The normalized spacial score (nSPS) is 20.9. The Balaban J connectivity index is 1.82. The molecule has 1 aromatic heterocycles. The summed E-state index contributed by atoms with van der Waals surface area (Å²) >= 11 is 0. The highest BCUT2D eigenvalue weighted by Crippen LogP contribution is 3.02. The molecule has 2 aromatic rings. The highest BCUT2D eigenvalue weighted by molar-refractivity contribution is 8.45. The molecule has 2 saturated heterocycles. The molecule has 0 saturated carbocycles. The van der Waals surface area contributed by atoms with Crippen LogP contribution in [0.5, 0.6) is 0 Å². The number of rotatable bonds is 7. The highest BCUT2D eigenvalue weighted by atomic mass is 32.5. The number of nitrogens with zero attached hydrogens (tertiary/aromatic N) is 4. The number of halogens is 5. The van der Waals surface area contributed by atoms with Gasteiger partial charge in [-0.25, -0.2) is 0 Å². The molecule has 1 aromatic carbocycles. The Bertz CT molecular complexity index is 1320. The molecule has 2 atom stereocenters. The van der Waals surface area contributed by atoms with Crippen LogP contribution < -0.4 is 10.2 Å². The van der Waals surface area contributed by atoms with Gasteiger partial charge in [0.2, 0.25) is 5.91 Å². The van der Waals surface area contributed by atoms with Crippen LogP contribution in [0, 0.1) is 11.5 Å². The van der Waals surface area contributed by atoms with E-state index in [4.69, 9.17) is 4.74 Å². The molecule has 2 aliphatic heterocycles. The van der Waals surface area contributed by atoms with E-state index in [2.05, 4.69) is 10.3 Å². The molecule has 2 amide bonds. The lowest BCUT2D eigenvalue weighted by Gasteiger charge is -2.41. The maximum absolute atomic E-state index is 14.0. The van der Waals surface area contributed by atoms with Gasteiger partial charge < -0.3 is 10.1 Å². The summed E-state index contributed by atoms with van der Waals surface area (Å²) in [6.07, 6.45) is 5.31. The number of Topliss-reactive ketones (excluding diaryl/α,β-unsaturated/α-hetero) is 1. The Hall–Kier alpha value is -3.77. The molecule has 2 aliphatic rings. The Morgan fingerprint density at radius 3 is 2.35 bits per heavy atom. The second kappa shape index (κ2) is 10.3. The first kappa shape index (κ1) is 29.2. The van der Waals surface area contributed by atoms with Crippen molar-refractivity contribution < 1.29 is 38.5 Å². The van der Waals surface area contributed by atoms with E-state index in [9.17, 15) is 39.1 Å². The standard InChI is InChI=1S/C25H26F5N5O4S/c26-40(27,28,29,30)21-6-3-19(4-7-21)35(25(38)22-8-5-20(36)15-34(22)16-31)23(17-2-1-11-32-14-17)24(37)33-18-9-12-39-13-10-18/h1-4,6-7,11,14,18,22-23H,5,8-10,12-13,15H2,(H,33,37). The summed E-state index contributed by atoms with van der Waals surface area (Å²) in [5, 5.41) is 12.4. The van der Waals surface area contributed by atoms with Crippen LogP contribution in [-0.2, 0) is 19.1 Å². The van der Waals surface area contributed by atoms with Gasteiger partial charge in [0, 0.05) is 49.3 Å². The maximum atomic E-state index is 14.0. The van der Waals surface area contributed by atoms with Crippen molar-refractivity contribution >= 4 is 33.5 Å². The number of pyridine rings is 1. The predicted octanol–water partition coefficient (Wildman–Crippen LogP) is 4.62. The van der Waals surface area contributed by atoms with Gasteiger partial charge in [-0.3, -0.25) is 29.2 Å². The second-order valence-corrected chi connectivity index (χ2v) is 12.0. The SMILES string of the molecule is N#CN1CC(=O)CCC1C(=O)N(c1ccc(S(F)(F)(F)(F)F)cc1)C(C(=O)NC1CCOCC1)c1cccnc1. The van der Waals surface area contributed by atoms with Crippen LogP contribution in [-0.4, -0.2) is 59.3 Å². The van der Waals surface area contributed by atoms with Crippen molar-refractivity contribution in [1.82, 2.24) is 15.2 Å². The van der Waals surface area contributed by atoms with Gasteiger partial charge in [0.25, 0.3) is 5.91 Å². The van der Waals surface area contributed by atoms with Crippen molar-refractivity contribution in [2.75, 3.05) is 24.7 Å². The van der Waals surface area contributed by atoms with Crippen molar-refractivity contribution in [3.63, 3.8) is 0 Å². The molecule has 9 nitrogen and oxygen atoms in total. The summed E-state index contributed by atoms with van der Waals surface area (Å²) in [4.78, 5) is 43.4. The van der Waals surface area contributed by atoms with Crippen LogP contribution >= 0.6 is 10.2 Å². The monoisotopic (exact) mass is 587 g/mol. The number of nitrogens with one attached hydrogen (secondary N) is 1. The Kier molecular flexibility index (Phi) is 7.54. The number of hydrogen-bond donors (Lipinski definition) is 1. The van der Waals surface area contributed by atoms with Gasteiger partial charge in [0.05, 0.1) is 6.54 Å². The van der Waals surface area contributed by atoms with Gasteiger partial charge in [-0.2, -0.15) is 5.26 Å².